The van der Waals surface area contributed by atoms with Crippen LogP contribution in [0.2, 0.25) is 0 Å². The molecule has 0 atom stereocenters. The minimum absolute atomic E-state index is 0. The van der Waals surface area contributed by atoms with Crippen molar-refractivity contribution < 1.29 is 0 Å². The molecule has 0 saturated heterocycles. The van der Waals surface area contributed by atoms with Gasteiger partial charge in [-0.25, -0.2) is 0 Å². The summed E-state index contributed by atoms with van der Waals surface area (Å²) < 4.78 is 0. The predicted octanol–water partition coefficient (Wildman–Crippen LogP) is 4.74. The zero-order valence-corrected chi connectivity index (χ0v) is 4.12. The van der Waals surface area contributed by atoms with Crippen LogP contribution in [0.4, 0.5) is 0 Å². The lowest BCUT2D eigenvalue weighted by molar-refractivity contribution is 0.772. The number of unbranched alkanes of at least 4 members (excludes halogenated alkanes) is 2. The molecule has 0 aliphatic heterocycles. The van der Waals surface area contributed by atoms with Crippen LogP contribution >= 0.6 is 0 Å². The van der Waals surface area contributed by atoms with E-state index in [0.29, 0.717) is 0 Å². The van der Waals surface area contributed by atoms with E-state index in [-0.39, 0.29) is 29.7 Å². The van der Waals surface area contributed by atoms with Crippen LogP contribution in [0.1, 0.15) is 62.8 Å². The average molecular weight is 136 g/mol. The fourth-order valence-corrected chi connectivity index (χ4v) is 0.354. The van der Waals surface area contributed by atoms with Crippen molar-refractivity contribution in [1.82, 2.24) is 0 Å². The molecule has 0 saturated carbocycles. The Balaban J connectivity index is -0.0000000133. The molecule has 0 bridgehead atoms. The Morgan fingerprint density at radius 1 is 0.667 bits per heavy atom. The van der Waals surface area contributed by atoms with Gasteiger partial charge < -0.3 is 0 Å². The first-order chi connectivity index (χ1) is 2.41. The van der Waals surface area contributed by atoms with Crippen LogP contribution in [0.15, 0.2) is 0 Å². The molecule has 0 unspecified atom stereocenters. The van der Waals surface area contributed by atoms with Gasteiger partial charge in [0.1, 0.15) is 0 Å². The Morgan fingerprint density at radius 3 is 0.889 bits per heavy atom. The highest BCUT2D eigenvalue weighted by Crippen LogP contribution is 1.88. The fraction of sp³-hybridized carbons (Fsp3) is 1.00. The van der Waals surface area contributed by atoms with Crippen molar-refractivity contribution in [2.45, 2.75) is 62.8 Å². The molecule has 0 radical (unpaired) electrons. The van der Waals surface area contributed by atoms with Crippen molar-refractivity contribution in [3.63, 3.8) is 0 Å². The summed E-state index contributed by atoms with van der Waals surface area (Å²) in [6.07, 6.45) is 4.08. The van der Waals surface area contributed by atoms with Crippen LogP contribution in [0, 0.1) is 0 Å². The maximum Gasteiger partial charge on any atom is -0.0538 e. The first kappa shape index (κ1) is 36.0. The molecule has 0 amide bonds. The van der Waals surface area contributed by atoms with Gasteiger partial charge >= 0.3 is 0 Å². The molecule has 0 aromatic carbocycles. The zero-order chi connectivity index (χ0) is 4.12. The van der Waals surface area contributed by atoms with Crippen LogP contribution in [0.3, 0.4) is 0 Å². The summed E-state index contributed by atoms with van der Waals surface area (Å²) in [6.45, 7) is 4.42. The van der Waals surface area contributed by atoms with E-state index in [4.69, 9.17) is 0 Å². The molecule has 64 valence electrons. The molecule has 9 heavy (non-hydrogen) atoms. The molecule has 0 aromatic rings. The molecular weight excluding hydrogens is 108 g/mol. The van der Waals surface area contributed by atoms with Gasteiger partial charge in [-0.1, -0.05) is 62.8 Å². The molecule has 0 aliphatic carbocycles. The third-order valence-corrected chi connectivity index (χ3v) is 0.707. The fourth-order valence-electron chi connectivity index (χ4n) is 0.354. The molecule has 0 N–H and O–H groups in total. The van der Waals surface area contributed by atoms with Gasteiger partial charge in [0.05, 0.1) is 0 Å². The van der Waals surface area contributed by atoms with E-state index in [1.807, 2.05) is 0 Å². The van der Waals surface area contributed by atoms with E-state index in [9.17, 15) is 0 Å². The van der Waals surface area contributed by atoms with Crippen LogP contribution in [-0.4, -0.2) is 0 Å². The second-order valence-electron chi connectivity index (χ2n) is 1.35. The summed E-state index contributed by atoms with van der Waals surface area (Å²) in [4.78, 5) is 0. The van der Waals surface area contributed by atoms with Gasteiger partial charge in [0.15, 0.2) is 0 Å². The lowest BCUT2D eigenvalue weighted by Gasteiger charge is -1.79. The topological polar surface area (TPSA) is 0 Å². The Morgan fingerprint density at radius 2 is 0.889 bits per heavy atom. The Kier molecular flexibility index (Phi) is 174. The minimum Gasteiger partial charge on any atom is -0.0776 e. The van der Waals surface area contributed by atoms with E-state index in [0.717, 1.165) is 0 Å². The van der Waals surface area contributed by atoms with E-state index >= 15 is 0 Å². The largest absolute Gasteiger partial charge is 0.0776 e. The summed E-state index contributed by atoms with van der Waals surface area (Å²) in [5.74, 6) is 0. The van der Waals surface area contributed by atoms with Crippen molar-refractivity contribution >= 4 is 0 Å². The molecule has 0 fully saturated rings. The lowest BCUT2D eigenvalue weighted by Crippen LogP contribution is -1.59. The molecule has 0 aromatic heterocycles. The molecule has 0 heteroatoms. The Bertz CT molecular complexity index is 7.51. The number of rotatable bonds is 2. The highest BCUT2D eigenvalue weighted by molar-refractivity contribution is 4.24. The maximum atomic E-state index is 2.21. The van der Waals surface area contributed by atoms with Crippen LogP contribution in [-0.2, 0) is 0 Å². The van der Waals surface area contributed by atoms with Crippen molar-refractivity contribution in [2.75, 3.05) is 0 Å². The minimum atomic E-state index is 0. The third kappa shape index (κ3) is 72.0. The maximum absolute atomic E-state index is 2.21. The zero-order valence-electron chi connectivity index (χ0n) is 4.12. The summed E-state index contributed by atoms with van der Waals surface area (Å²) in [6, 6.07) is 0. The Labute approximate surface area is 63.7 Å². The smallest absolute Gasteiger partial charge is 0.0538 e. The highest BCUT2D eigenvalue weighted by Gasteiger charge is 1.68. The van der Waals surface area contributed by atoms with Crippen LogP contribution in [0.5, 0.6) is 0 Å². The van der Waals surface area contributed by atoms with Crippen molar-refractivity contribution in [2.24, 2.45) is 0 Å². The van der Waals surface area contributed by atoms with Gasteiger partial charge in [0.2, 0.25) is 0 Å². The molecule has 0 aliphatic rings. The normalized spacial score (nSPS) is 4.67. The summed E-state index contributed by atoms with van der Waals surface area (Å²) in [7, 11) is 0. The first-order valence-electron chi connectivity index (χ1n) is 2.41. The standard InChI is InChI=1S/C5H12.4CH4/c1-3-5-4-2;;;;/h3-5H2,1-2H3;4*1H4. The van der Waals surface area contributed by atoms with Gasteiger partial charge in [-0.3, -0.25) is 0 Å². The van der Waals surface area contributed by atoms with Gasteiger partial charge in [-0.05, 0) is 0 Å². The Hall–Kier alpha value is 0. The quantitative estimate of drug-likeness (QED) is 0.514. The summed E-state index contributed by atoms with van der Waals surface area (Å²) >= 11 is 0. The molecule has 0 rings (SSSR count). The SMILES string of the molecule is C.C.C.C.CCCCC. The monoisotopic (exact) mass is 136 g/mol. The lowest BCUT2D eigenvalue weighted by atomic mass is 10.3. The van der Waals surface area contributed by atoms with Gasteiger partial charge in [0.25, 0.3) is 0 Å². The number of hydrogen-bond acceptors (Lipinski definition) is 0. The van der Waals surface area contributed by atoms with Gasteiger partial charge in [-0.15, -0.1) is 0 Å². The molecular formula is C9H28. The van der Waals surface area contributed by atoms with Crippen molar-refractivity contribution in [1.29, 1.82) is 0 Å². The average Bonchev–Trinajstić information content (AvgIpc) is 1.41. The molecule has 0 heterocycles. The second kappa shape index (κ2) is 43.6. The predicted molar refractivity (Wildman–Crippen MR) is 52.1 cm³/mol. The van der Waals surface area contributed by atoms with Crippen molar-refractivity contribution in [3.8, 4) is 0 Å². The summed E-state index contributed by atoms with van der Waals surface area (Å²) in [5.41, 5.74) is 0. The molecule has 0 spiro atoms. The third-order valence-electron chi connectivity index (χ3n) is 0.707. The van der Waals surface area contributed by atoms with Crippen LogP contribution in [0.25, 0.3) is 0 Å². The van der Waals surface area contributed by atoms with E-state index in [2.05, 4.69) is 13.8 Å². The highest BCUT2D eigenvalue weighted by atomic mass is 13.7. The molecule has 0 nitrogen and oxygen atoms in total. The van der Waals surface area contributed by atoms with E-state index < -0.39 is 0 Å². The van der Waals surface area contributed by atoms with Gasteiger partial charge in [-0.2, -0.15) is 0 Å². The summed E-state index contributed by atoms with van der Waals surface area (Å²) in [5, 5.41) is 0. The van der Waals surface area contributed by atoms with Gasteiger partial charge in [0, 0.05) is 0 Å². The first-order valence-corrected chi connectivity index (χ1v) is 2.41. The number of hydrogen-bond donors (Lipinski definition) is 0. The van der Waals surface area contributed by atoms with E-state index in [1.54, 1.807) is 0 Å². The van der Waals surface area contributed by atoms with Crippen molar-refractivity contribution in [3.05, 3.63) is 0 Å². The van der Waals surface area contributed by atoms with Crippen LogP contribution < -0.4 is 0 Å². The second-order valence-corrected chi connectivity index (χ2v) is 1.35. The van der Waals surface area contributed by atoms with E-state index in [1.165, 1.54) is 19.3 Å².